The highest BCUT2D eigenvalue weighted by molar-refractivity contribution is 7.80. The van der Waals surface area contributed by atoms with Gasteiger partial charge in [-0.25, -0.2) is 0 Å². The van der Waals surface area contributed by atoms with Crippen LogP contribution in [0.4, 0.5) is 32.0 Å². The van der Waals surface area contributed by atoms with Crippen molar-refractivity contribution < 1.29 is 31.1 Å². The van der Waals surface area contributed by atoms with E-state index in [1.54, 1.807) is 0 Å². The van der Waals surface area contributed by atoms with E-state index in [9.17, 15) is 26.3 Å². The molecule has 2 heterocycles. The Balaban J connectivity index is 2.31. The first-order chi connectivity index (χ1) is 12.4. The van der Waals surface area contributed by atoms with E-state index in [0.717, 1.165) is 12.1 Å². The van der Waals surface area contributed by atoms with Crippen LogP contribution in [0.1, 0.15) is 11.3 Å². The predicted octanol–water partition coefficient (Wildman–Crippen LogP) is 4.61. The highest BCUT2D eigenvalue weighted by atomic mass is 32.1. The number of halogens is 6. The molecule has 142 valence electrons. The Morgan fingerprint density at radius 2 is 1.74 bits per heavy atom. The van der Waals surface area contributed by atoms with Gasteiger partial charge in [-0.3, -0.25) is 0 Å². The average molecular weight is 405 g/mol. The predicted molar refractivity (Wildman–Crippen MR) is 86.7 cm³/mol. The third-order valence-corrected chi connectivity index (χ3v) is 4.40. The smallest absolute Gasteiger partial charge is 0.440 e. The molecule has 2 aromatic rings. The van der Waals surface area contributed by atoms with Crippen LogP contribution in [0.15, 0.2) is 30.3 Å². The minimum Gasteiger partial charge on any atom is -0.440 e. The van der Waals surface area contributed by atoms with E-state index < -0.39 is 34.4 Å². The van der Waals surface area contributed by atoms with Crippen molar-refractivity contribution in [1.29, 1.82) is 5.26 Å². The number of ether oxygens (including phenoxy) is 1. The molecule has 27 heavy (non-hydrogen) atoms. The molecule has 4 nitrogen and oxygen atoms in total. The molecule has 0 radical (unpaired) electrons. The molecule has 3 rings (SSSR count). The van der Waals surface area contributed by atoms with Gasteiger partial charge in [0.2, 0.25) is 0 Å². The molecular weight excluding hydrogens is 396 g/mol. The topological polar surface area (TPSA) is 50.0 Å². The molecule has 1 N–H and O–H groups in total. The fourth-order valence-corrected chi connectivity index (χ4v) is 3.16. The van der Waals surface area contributed by atoms with Crippen molar-refractivity contribution in [2.45, 2.75) is 18.0 Å². The lowest BCUT2D eigenvalue weighted by atomic mass is 9.87. The number of hydrogen-bond donors (Lipinski definition) is 1. The standard InChI is InChI=1S/C16H9F6N3OS/c1-25-9(7-23)3-5-12(25)8-2-4-11-10(6-8)14(15(17,18)19,16(20,21)22)26-13(27)24-11/h2-6H,1H3,(H,24,27). The molecule has 0 saturated heterocycles. The number of anilines is 1. The zero-order valence-electron chi connectivity index (χ0n) is 13.4. The number of fused-ring (bicyclic) bond motifs is 1. The van der Waals surface area contributed by atoms with Crippen LogP contribution in [0.3, 0.4) is 0 Å². The molecule has 0 amide bonds. The van der Waals surface area contributed by atoms with Gasteiger partial charge in [0, 0.05) is 24.0 Å². The summed E-state index contributed by atoms with van der Waals surface area (Å²) in [5.41, 5.74) is -5.71. The normalized spacial score (nSPS) is 16.1. The molecule has 1 aromatic heterocycles. The Morgan fingerprint density at radius 3 is 2.26 bits per heavy atom. The Morgan fingerprint density at radius 1 is 1.11 bits per heavy atom. The first-order valence-corrected chi connectivity index (χ1v) is 7.67. The summed E-state index contributed by atoms with van der Waals surface area (Å²) in [7, 11) is 1.47. The first-order valence-electron chi connectivity index (χ1n) is 7.26. The second-order valence-corrected chi connectivity index (χ2v) is 6.10. The van der Waals surface area contributed by atoms with Gasteiger partial charge in [-0.2, -0.15) is 31.6 Å². The molecule has 0 atom stereocenters. The second kappa shape index (κ2) is 5.88. The number of nitriles is 1. The fourth-order valence-electron chi connectivity index (χ4n) is 2.93. The quantitative estimate of drug-likeness (QED) is 0.556. The first kappa shape index (κ1) is 19.0. The van der Waals surface area contributed by atoms with Gasteiger partial charge in [-0.1, -0.05) is 6.07 Å². The molecule has 0 spiro atoms. The molecule has 1 aliphatic rings. The third-order valence-electron chi connectivity index (χ3n) is 4.21. The van der Waals surface area contributed by atoms with Gasteiger partial charge in [-0.15, -0.1) is 0 Å². The Labute approximate surface area is 153 Å². The van der Waals surface area contributed by atoms with Gasteiger partial charge in [0.05, 0.1) is 0 Å². The molecule has 1 aromatic carbocycles. The zero-order valence-corrected chi connectivity index (χ0v) is 14.2. The van der Waals surface area contributed by atoms with Gasteiger partial charge >= 0.3 is 18.0 Å². The summed E-state index contributed by atoms with van der Waals surface area (Å²) in [5.74, 6) is 0. The van der Waals surface area contributed by atoms with Crippen molar-refractivity contribution in [2.75, 3.05) is 5.32 Å². The number of nitrogens with zero attached hydrogens (tertiary/aromatic N) is 2. The molecule has 0 unspecified atom stereocenters. The molecule has 1 aliphatic heterocycles. The number of thiocarbonyl (C=S) groups is 1. The minimum atomic E-state index is -5.82. The summed E-state index contributed by atoms with van der Waals surface area (Å²) >= 11 is 4.46. The lowest BCUT2D eigenvalue weighted by Crippen LogP contribution is -2.59. The van der Waals surface area contributed by atoms with Crippen molar-refractivity contribution in [2.24, 2.45) is 7.05 Å². The van der Waals surface area contributed by atoms with E-state index in [0.29, 0.717) is 0 Å². The van der Waals surface area contributed by atoms with E-state index in [1.807, 2.05) is 6.07 Å². The summed E-state index contributed by atoms with van der Waals surface area (Å²) in [6, 6.07) is 7.82. The maximum absolute atomic E-state index is 13.6. The van der Waals surface area contributed by atoms with E-state index in [2.05, 4.69) is 22.3 Å². The highest BCUT2D eigenvalue weighted by Gasteiger charge is 2.76. The molecular formula is C16H9F6N3OS. The maximum atomic E-state index is 13.6. The van der Waals surface area contributed by atoms with E-state index in [1.165, 1.54) is 29.8 Å². The number of benzene rings is 1. The monoisotopic (exact) mass is 405 g/mol. The van der Waals surface area contributed by atoms with E-state index >= 15 is 0 Å². The molecule has 0 fully saturated rings. The second-order valence-electron chi connectivity index (χ2n) is 5.73. The van der Waals surface area contributed by atoms with E-state index in [4.69, 9.17) is 5.26 Å². The van der Waals surface area contributed by atoms with E-state index in [-0.39, 0.29) is 17.0 Å². The lowest BCUT2D eigenvalue weighted by Gasteiger charge is -2.41. The number of nitrogens with one attached hydrogen (secondary N) is 1. The van der Waals surface area contributed by atoms with Gasteiger partial charge in [0.1, 0.15) is 11.8 Å². The lowest BCUT2D eigenvalue weighted by molar-refractivity contribution is -0.369. The Bertz CT molecular complexity index is 956. The third kappa shape index (κ3) is 2.71. The molecule has 0 aliphatic carbocycles. The summed E-state index contributed by atoms with van der Waals surface area (Å²) in [4.78, 5) is 0. The summed E-state index contributed by atoms with van der Waals surface area (Å²) < 4.78 is 87.4. The Kier molecular flexibility index (Phi) is 4.15. The van der Waals surface area contributed by atoms with Crippen molar-refractivity contribution in [3.63, 3.8) is 0 Å². The van der Waals surface area contributed by atoms with Crippen LogP contribution in [0.2, 0.25) is 0 Å². The molecule has 0 bridgehead atoms. The fraction of sp³-hybridized carbons (Fsp3) is 0.250. The van der Waals surface area contributed by atoms with Crippen LogP contribution < -0.4 is 5.32 Å². The van der Waals surface area contributed by atoms with Crippen molar-refractivity contribution in [3.8, 4) is 17.3 Å². The number of hydrogen-bond acceptors (Lipinski definition) is 3. The number of rotatable bonds is 1. The van der Waals surface area contributed by atoms with Crippen LogP contribution in [0.5, 0.6) is 0 Å². The van der Waals surface area contributed by atoms with Gasteiger partial charge in [-0.05, 0) is 42.0 Å². The molecule has 11 heteroatoms. The highest BCUT2D eigenvalue weighted by Crippen LogP contribution is 2.56. The van der Waals surface area contributed by atoms with Crippen LogP contribution in [-0.2, 0) is 17.4 Å². The van der Waals surface area contributed by atoms with Gasteiger partial charge < -0.3 is 14.6 Å². The van der Waals surface area contributed by atoms with Crippen molar-refractivity contribution >= 4 is 23.1 Å². The maximum Gasteiger partial charge on any atom is 0.442 e. The van der Waals surface area contributed by atoms with Crippen LogP contribution in [-0.4, -0.2) is 22.1 Å². The zero-order chi connectivity index (χ0) is 20.2. The van der Waals surface area contributed by atoms with Crippen molar-refractivity contribution in [3.05, 3.63) is 41.6 Å². The number of aromatic nitrogens is 1. The minimum absolute atomic E-state index is 0.0499. The van der Waals surface area contributed by atoms with Gasteiger partial charge in [0.15, 0.2) is 0 Å². The number of alkyl halides is 6. The van der Waals surface area contributed by atoms with Gasteiger partial charge in [0.25, 0.3) is 5.17 Å². The average Bonchev–Trinajstić information content (AvgIpc) is 2.92. The van der Waals surface area contributed by atoms with Crippen molar-refractivity contribution in [1.82, 2.24) is 4.57 Å². The van der Waals surface area contributed by atoms with Crippen LogP contribution in [0, 0.1) is 11.3 Å². The largest absolute Gasteiger partial charge is 0.442 e. The summed E-state index contributed by atoms with van der Waals surface area (Å²) in [6.45, 7) is 0. The van der Waals surface area contributed by atoms with Crippen LogP contribution >= 0.6 is 12.2 Å². The van der Waals surface area contributed by atoms with Crippen LogP contribution in [0.25, 0.3) is 11.3 Å². The summed E-state index contributed by atoms with van der Waals surface area (Å²) in [6.07, 6.45) is -11.6. The SMILES string of the molecule is Cn1c(C#N)ccc1-c1ccc2c(c1)C(C(F)(F)F)(C(F)(F)F)OC(=S)N2. The Hall–Kier alpha value is -2.74. The molecule has 0 saturated carbocycles. The summed E-state index contributed by atoms with van der Waals surface area (Å²) in [5, 5.41) is 10.2.